The summed E-state index contributed by atoms with van der Waals surface area (Å²) in [5.41, 5.74) is 5.04. The third-order valence-corrected chi connectivity index (χ3v) is 2.00. The fourth-order valence-electron chi connectivity index (χ4n) is 1.18. The molecule has 0 unspecified atom stereocenters. The lowest BCUT2D eigenvalue weighted by molar-refractivity contribution is -0.346. The normalized spacial score (nSPS) is 52.2. The molecule has 0 amide bonds. The van der Waals surface area contributed by atoms with Crippen molar-refractivity contribution in [2.45, 2.75) is 30.3 Å². The molecule has 78 valence electrons. The molecule has 0 aliphatic carbocycles. The Kier molecular flexibility index (Phi) is 2.88. The third-order valence-electron chi connectivity index (χ3n) is 2.00. The molecule has 13 heavy (non-hydrogen) atoms. The van der Waals surface area contributed by atoms with Crippen molar-refractivity contribution >= 4 is 0 Å². The quantitative estimate of drug-likeness (QED) is 0.235. The maximum Gasteiger partial charge on any atom is 0.252 e. The molecular formula is C6H13NO6. The maximum atomic E-state index is 9.18. The predicted octanol–water partition coefficient (Wildman–Crippen LogP) is -3.94. The summed E-state index contributed by atoms with van der Waals surface area (Å²) in [6.45, 7) is -0.621. The van der Waals surface area contributed by atoms with E-state index in [-0.39, 0.29) is 0 Å². The van der Waals surface area contributed by atoms with Crippen molar-refractivity contribution in [3.05, 3.63) is 0 Å². The molecule has 1 fully saturated rings. The van der Waals surface area contributed by atoms with E-state index in [1.54, 1.807) is 0 Å². The van der Waals surface area contributed by atoms with Crippen molar-refractivity contribution in [1.82, 2.24) is 0 Å². The van der Waals surface area contributed by atoms with E-state index in [2.05, 4.69) is 4.74 Å². The van der Waals surface area contributed by atoms with Crippen LogP contribution in [0.5, 0.6) is 0 Å². The van der Waals surface area contributed by atoms with Crippen molar-refractivity contribution < 1.29 is 30.3 Å². The van der Waals surface area contributed by atoms with Crippen molar-refractivity contribution in [2.75, 3.05) is 6.61 Å². The molecule has 1 aliphatic rings. The topological polar surface area (TPSA) is 136 Å². The largest absolute Gasteiger partial charge is 0.394 e. The Hall–Kier alpha value is -0.280. The van der Waals surface area contributed by atoms with Gasteiger partial charge in [-0.1, -0.05) is 0 Å². The molecule has 0 bridgehead atoms. The molecular weight excluding hydrogens is 182 g/mol. The minimum atomic E-state index is -2.45. The van der Waals surface area contributed by atoms with Gasteiger partial charge >= 0.3 is 0 Å². The summed E-state index contributed by atoms with van der Waals surface area (Å²) in [5.74, 6) is -2.45. The van der Waals surface area contributed by atoms with Crippen LogP contribution in [0.3, 0.4) is 0 Å². The van der Waals surface area contributed by atoms with Gasteiger partial charge in [0.25, 0.3) is 5.91 Å². The number of nitrogens with two attached hydrogens (primary N) is 1. The highest BCUT2D eigenvalue weighted by Gasteiger charge is 2.50. The van der Waals surface area contributed by atoms with E-state index in [4.69, 9.17) is 26.2 Å². The highest BCUT2D eigenvalue weighted by atomic mass is 16.7. The van der Waals surface area contributed by atoms with Crippen molar-refractivity contribution in [2.24, 2.45) is 5.73 Å². The fourth-order valence-corrected chi connectivity index (χ4v) is 1.18. The van der Waals surface area contributed by atoms with Crippen LogP contribution in [0.2, 0.25) is 0 Å². The van der Waals surface area contributed by atoms with E-state index in [0.29, 0.717) is 0 Å². The molecule has 7 nitrogen and oxygen atoms in total. The molecule has 0 spiro atoms. The van der Waals surface area contributed by atoms with Crippen LogP contribution in [0.15, 0.2) is 0 Å². The molecule has 1 heterocycles. The van der Waals surface area contributed by atoms with Gasteiger partial charge in [0, 0.05) is 0 Å². The highest BCUT2D eigenvalue weighted by molar-refractivity contribution is 4.92. The van der Waals surface area contributed by atoms with Crippen LogP contribution in [-0.2, 0) is 4.74 Å². The number of ether oxygens (including phenoxy) is 1. The van der Waals surface area contributed by atoms with Crippen LogP contribution in [0, 0.1) is 0 Å². The van der Waals surface area contributed by atoms with Crippen LogP contribution in [-0.4, -0.2) is 62.5 Å². The Balaban J connectivity index is 2.79. The Morgan fingerprint density at radius 2 is 1.77 bits per heavy atom. The standard InChI is InChI=1S/C6H13NO6/c7-6(12)5(11)4(10)3(9)2(1-8)13-6/h2-5,8-12H,1,7H2/t2-,3+,4+,5-,6-/m0/s1. The van der Waals surface area contributed by atoms with Crippen molar-refractivity contribution in [3.8, 4) is 0 Å². The van der Waals surface area contributed by atoms with E-state index < -0.39 is 36.9 Å². The molecule has 0 aromatic heterocycles. The first kappa shape index (κ1) is 10.8. The first-order chi connectivity index (χ1) is 5.90. The van der Waals surface area contributed by atoms with Gasteiger partial charge in [0.2, 0.25) is 0 Å². The van der Waals surface area contributed by atoms with Gasteiger partial charge in [-0.25, -0.2) is 0 Å². The zero-order valence-corrected chi connectivity index (χ0v) is 6.74. The Morgan fingerprint density at radius 3 is 2.23 bits per heavy atom. The maximum absolute atomic E-state index is 9.18. The molecule has 1 rings (SSSR count). The third kappa shape index (κ3) is 1.81. The van der Waals surface area contributed by atoms with Crippen LogP contribution in [0.25, 0.3) is 0 Å². The molecule has 7 heteroatoms. The number of hydrogen-bond acceptors (Lipinski definition) is 7. The lowest BCUT2D eigenvalue weighted by Crippen LogP contribution is -2.69. The lowest BCUT2D eigenvalue weighted by Gasteiger charge is -2.42. The summed E-state index contributed by atoms with van der Waals surface area (Å²) in [6, 6.07) is 0. The molecule has 0 saturated carbocycles. The highest BCUT2D eigenvalue weighted by Crippen LogP contribution is 2.23. The Labute approximate surface area is 74.0 Å². The van der Waals surface area contributed by atoms with Gasteiger partial charge in [0.15, 0.2) is 6.10 Å². The molecule has 7 N–H and O–H groups in total. The first-order valence-corrected chi connectivity index (χ1v) is 3.74. The van der Waals surface area contributed by atoms with Gasteiger partial charge in [-0.2, -0.15) is 0 Å². The monoisotopic (exact) mass is 195 g/mol. The smallest absolute Gasteiger partial charge is 0.252 e. The van der Waals surface area contributed by atoms with Crippen LogP contribution >= 0.6 is 0 Å². The van der Waals surface area contributed by atoms with E-state index >= 15 is 0 Å². The van der Waals surface area contributed by atoms with Crippen LogP contribution in [0.4, 0.5) is 0 Å². The SMILES string of the molecule is N[C@@]1(O)O[C@@H](CO)[C@@H](O)[C@@H](O)[C@@H]1O. The number of hydrogen-bond donors (Lipinski definition) is 6. The second-order valence-corrected chi connectivity index (χ2v) is 3.02. The second kappa shape index (κ2) is 3.46. The summed E-state index contributed by atoms with van der Waals surface area (Å²) < 4.78 is 4.54. The second-order valence-electron chi connectivity index (χ2n) is 3.02. The lowest BCUT2D eigenvalue weighted by atomic mass is 9.97. The van der Waals surface area contributed by atoms with Gasteiger partial charge < -0.3 is 30.3 Å². The molecule has 0 aromatic rings. The zero-order valence-electron chi connectivity index (χ0n) is 6.74. The summed E-state index contributed by atoms with van der Waals surface area (Å²) in [4.78, 5) is 0. The number of rotatable bonds is 1. The average molecular weight is 195 g/mol. The molecule has 1 aliphatic heterocycles. The molecule has 0 aromatic carbocycles. The summed E-state index contributed by atoms with van der Waals surface area (Å²) >= 11 is 0. The number of aliphatic hydroxyl groups is 5. The average Bonchev–Trinajstić information content (AvgIpc) is 2.08. The Bertz CT molecular complexity index is 184. The minimum absolute atomic E-state index is 0.621. The summed E-state index contributed by atoms with van der Waals surface area (Å²) in [6.07, 6.45) is -6.16. The van der Waals surface area contributed by atoms with Gasteiger partial charge in [-0.05, 0) is 0 Å². The van der Waals surface area contributed by atoms with E-state index in [1.807, 2.05) is 0 Å². The van der Waals surface area contributed by atoms with Crippen LogP contribution < -0.4 is 5.73 Å². The predicted molar refractivity (Wildman–Crippen MR) is 39.1 cm³/mol. The Morgan fingerprint density at radius 1 is 1.23 bits per heavy atom. The van der Waals surface area contributed by atoms with Crippen LogP contribution in [0.1, 0.15) is 0 Å². The zero-order chi connectivity index (χ0) is 10.2. The minimum Gasteiger partial charge on any atom is -0.394 e. The van der Waals surface area contributed by atoms with E-state index in [9.17, 15) is 5.11 Å². The van der Waals surface area contributed by atoms with E-state index in [1.165, 1.54) is 0 Å². The summed E-state index contributed by atoms with van der Waals surface area (Å²) in [5, 5.41) is 45.2. The number of aliphatic hydroxyl groups excluding tert-OH is 4. The van der Waals surface area contributed by atoms with Gasteiger partial charge in [0.1, 0.15) is 18.3 Å². The molecule has 1 saturated heterocycles. The molecule has 5 atom stereocenters. The van der Waals surface area contributed by atoms with Crippen molar-refractivity contribution in [3.63, 3.8) is 0 Å². The first-order valence-electron chi connectivity index (χ1n) is 3.74. The van der Waals surface area contributed by atoms with Gasteiger partial charge in [-0.15, -0.1) is 0 Å². The van der Waals surface area contributed by atoms with E-state index in [0.717, 1.165) is 0 Å². The summed E-state index contributed by atoms with van der Waals surface area (Å²) in [7, 11) is 0. The molecule has 0 radical (unpaired) electrons. The fraction of sp³-hybridized carbons (Fsp3) is 1.00. The van der Waals surface area contributed by atoms with Gasteiger partial charge in [-0.3, -0.25) is 5.73 Å². The van der Waals surface area contributed by atoms with Gasteiger partial charge in [0.05, 0.1) is 6.61 Å². The van der Waals surface area contributed by atoms with Crippen molar-refractivity contribution in [1.29, 1.82) is 0 Å².